The summed E-state index contributed by atoms with van der Waals surface area (Å²) in [5.74, 6) is -0.551. The molecule has 0 aromatic heterocycles. The Bertz CT molecular complexity index is 1340. The summed E-state index contributed by atoms with van der Waals surface area (Å²) < 4.78 is 0. The SMILES string of the molecule is Cc1ccccc1N1C(=O)c2ccc(C(=O)N3CSC[C@H]3C(=O)NCc3ccccc3)cc2C1=O. The molecule has 0 bridgehead atoms. The summed E-state index contributed by atoms with van der Waals surface area (Å²) in [7, 11) is 0. The maximum Gasteiger partial charge on any atom is 0.266 e. The number of thioether (sulfide) groups is 1. The number of carbonyl (C=O) groups excluding carboxylic acids is 4. The Kier molecular flexibility index (Phi) is 6.13. The van der Waals surface area contributed by atoms with Crippen molar-refractivity contribution in [3.05, 3.63) is 101 Å². The highest BCUT2D eigenvalue weighted by atomic mass is 32.2. The van der Waals surface area contributed by atoms with Crippen LogP contribution >= 0.6 is 11.8 Å². The largest absolute Gasteiger partial charge is 0.350 e. The molecular formula is C27H23N3O4S. The van der Waals surface area contributed by atoms with Gasteiger partial charge in [-0.1, -0.05) is 48.5 Å². The van der Waals surface area contributed by atoms with Crippen molar-refractivity contribution in [1.29, 1.82) is 0 Å². The van der Waals surface area contributed by atoms with Crippen LogP contribution < -0.4 is 10.2 Å². The van der Waals surface area contributed by atoms with Crippen molar-refractivity contribution in [2.45, 2.75) is 19.5 Å². The third kappa shape index (κ3) is 4.21. The second-order valence-corrected chi connectivity index (χ2v) is 9.49. The molecule has 35 heavy (non-hydrogen) atoms. The first kappa shape index (κ1) is 22.9. The van der Waals surface area contributed by atoms with Gasteiger partial charge in [0.05, 0.1) is 22.7 Å². The highest BCUT2D eigenvalue weighted by Crippen LogP contribution is 2.32. The van der Waals surface area contributed by atoms with E-state index < -0.39 is 17.9 Å². The van der Waals surface area contributed by atoms with Gasteiger partial charge in [0.1, 0.15) is 6.04 Å². The quantitative estimate of drug-likeness (QED) is 0.558. The average Bonchev–Trinajstić information content (AvgIpc) is 3.46. The van der Waals surface area contributed by atoms with Crippen LogP contribution in [0, 0.1) is 6.92 Å². The number of fused-ring (bicyclic) bond motifs is 1. The molecule has 1 saturated heterocycles. The van der Waals surface area contributed by atoms with E-state index in [1.807, 2.05) is 49.4 Å². The van der Waals surface area contributed by atoms with Crippen LogP contribution in [0.5, 0.6) is 0 Å². The summed E-state index contributed by atoms with van der Waals surface area (Å²) in [6.45, 7) is 2.22. The summed E-state index contributed by atoms with van der Waals surface area (Å²) >= 11 is 1.50. The number of amides is 4. The molecule has 0 unspecified atom stereocenters. The van der Waals surface area contributed by atoms with Crippen LogP contribution in [-0.2, 0) is 11.3 Å². The van der Waals surface area contributed by atoms with E-state index in [1.54, 1.807) is 18.2 Å². The van der Waals surface area contributed by atoms with Gasteiger partial charge in [-0.05, 0) is 42.3 Å². The van der Waals surface area contributed by atoms with Gasteiger partial charge < -0.3 is 10.2 Å². The molecule has 2 aliphatic heterocycles. The maximum atomic E-state index is 13.4. The number of aryl methyl sites for hydroxylation is 1. The summed E-state index contributed by atoms with van der Waals surface area (Å²) in [4.78, 5) is 55.0. The Labute approximate surface area is 207 Å². The summed E-state index contributed by atoms with van der Waals surface area (Å²) in [6, 6.07) is 20.7. The highest BCUT2D eigenvalue weighted by molar-refractivity contribution is 7.99. The second-order valence-electron chi connectivity index (χ2n) is 8.49. The molecule has 1 N–H and O–H groups in total. The van der Waals surface area contributed by atoms with Crippen LogP contribution in [-0.4, -0.2) is 46.2 Å². The maximum absolute atomic E-state index is 13.4. The lowest BCUT2D eigenvalue weighted by Crippen LogP contribution is -2.47. The van der Waals surface area contributed by atoms with Crippen LogP contribution in [0.3, 0.4) is 0 Å². The van der Waals surface area contributed by atoms with Gasteiger partial charge in [-0.25, -0.2) is 4.90 Å². The van der Waals surface area contributed by atoms with Gasteiger partial charge in [0.15, 0.2) is 0 Å². The molecule has 8 heteroatoms. The van der Waals surface area contributed by atoms with Crippen molar-refractivity contribution in [1.82, 2.24) is 10.2 Å². The van der Waals surface area contributed by atoms with Gasteiger partial charge in [0.25, 0.3) is 17.7 Å². The first-order chi connectivity index (χ1) is 17.0. The zero-order valence-electron chi connectivity index (χ0n) is 19.1. The first-order valence-corrected chi connectivity index (χ1v) is 12.4. The van der Waals surface area contributed by atoms with Crippen LogP contribution in [0.2, 0.25) is 0 Å². The number of imide groups is 1. The predicted molar refractivity (Wildman–Crippen MR) is 134 cm³/mol. The van der Waals surface area contributed by atoms with E-state index in [4.69, 9.17) is 0 Å². The van der Waals surface area contributed by atoms with Crippen molar-refractivity contribution in [2.75, 3.05) is 16.5 Å². The van der Waals surface area contributed by atoms with Crippen molar-refractivity contribution in [3.63, 3.8) is 0 Å². The first-order valence-electron chi connectivity index (χ1n) is 11.2. The number of benzene rings is 3. The molecule has 3 aromatic carbocycles. The lowest BCUT2D eigenvalue weighted by Gasteiger charge is -2.23. The molecular weight excluding hydrogens is 462 g/mol. The topological polar surface area (TPSA) is 86.8 Å². The van der Waals surface area contributed by atoms with Gasteiger partial charge in [-0.3, -0.25) is 19.2 Å². The van der Waals surface area contributed by atoms with Crippen LogP contribution in [0.4, 0.5) is 5.69 Å². The Morgan fingerprint density at radius 2 is 1.66 bits per heavy atom. The minimum atomic E-state index is -0.606. The van der Waals surface area contributed by atoms with Crippen molar-refractivity contribution >= 4 is 41.1 Å². The minimum Gasteiger partial charge on any atom is -0.350 e. The standard InChI is InChI=1S/C27H23N3O4S/c1-17-7-5-6-10-22(17)30-26(33)20-12-11-19(13-21(20)27(30)34)25(32)29-16-35-15-23(29)24(31)28-14-18-8-3-2-4-9-18/h2-13,23H,14-16H2,1H3,(H,28,31)/t23-/m0/s1. The molecule has 7 nitrogen and oxygen atoms in total. The third-order valence-corrected chi connectivity index (χ3v) is 7.26. The molecule has 0 spiro atoms. The Balaban J connectivity index is 1.35. The zero-order chi connectivity index (χ0) is 24.5. The number of hydrogen-bond donors (Lipinski definition) is 1. The fourth-order valence-corrected chi connectivity index (χ4v) is 5.49. The minimum absolute atomic E-state index is 0.195. The van der Waals surface area contributed by atoms with Gasteiger partial charge in [-0.15, -0.1) is 11.8 Å². The van der Waals surface area contributed by atoms with Crippen LogP contribution in [0.25, 0.3) is 0 Å². The number of nitrogens with one attached hydrogen (secondary N) is 1. The molecule has 0 aliphatic carbocycles. The fourth-order valence-electron chi connectivity index (χ4n) is 4.34. The summed E-state index contributed by atoms with van der Waals surface area (Å²) in [5.41, 5.74) is 3.04. The van der Waals surface area contributed by atoms with Gasteiger partial charge in [0, 0.05) is 17.9 Å². The Hall–Kier alpha value is -3.91. The van der Waals surface area contributed by atoms with E-state index >= 15 is 0 Å². The monoisotopic (exact) mass is 485 g/mol. The zero-order valence-corrected chi connectivity index (χ0v) is 19.9. The summed E-state index contributed by atoms with van der Waals surface area (Å²) in [5, 5.41) is 2.91. The molecule has 4 amide bonds. The van der Waals surface area contributed by atoms with E-state index in [9.17, 15) is 19.2 Å². The highest BCUT2D eigenvalue weighted by Gasteiger charge is 2.39. The van der Waals surface area contributed by atoms with Crippen molar-refractivity contribution in [3.8, 4) is 0 Å². The normalized spacial score (nSPS) is 17.0. The van der Waals surface area contributed by atoms with Gasteiger partial charge in [0.2, 0.25) is 5.91 Å². The number of hydrogen-bond acceptors (Lipinski definition) is 5. The molecule has 0 radical (unpaired) electrons. The number of para-hydroxylation sites is 1. The lowest BCUT2D eigenvalue weighted by molar-refractivity contribution is -0.124. The second kappa shape index (κ2) is 9.38. The molecule has 2 aliphatic rings. The van der Waals surface area contributed by atoms with Crippen molar-refractivity contribution in [2.24, 2.45) is 0 Å². The fraction of sp³-hybridized carbons (Fsp3) is 0.185. The van der Waals surface area contributed by atoms with Crippen LogP contribution in [0.1, 0.15) is 42.2 Å². The molecule has 0 saturated carbocycles. The molecule has 1 atom stereocenters. The molecule has 2 heterocycles. The van der Waals surface area contributed by atoms with Gasteiger partial charge >= 0.3 is 0 Å². The van der Waals surface area contributed by atoms with Crippen LogP contribution in [0.15, 0.2) is 72.8 Å². The van der Waals surface area contributed by atoms with E-state index in [1.165, 1.54) is 28.8 Å². The van der Waals surface area contributed by atoms with Crippen molar-refractivity contribution < 1.29 is 19.2 Å². The number of carbonyl (C=O) groups is 4. The Morgan fingerprint density at radius 3 is 2.43 bits per heavy atom. The third-order valence-electron chi connectivity index (χ3n) is 6.25. The number of anilines is 1. The summed E-state index contributed by atoms with van der Waals surface area (Å²) in [6.07, 6.45) is 0. The molecule has 3 aromatic rings. The molecule has 1 fully saturated rings. The number of nitrogens with zero attached hydrogens (tertiary/aromatic N) is 2. The lowest BCUT2D eigenvalue weighted by atomic mass is 10.0. The number of rotatable bonds is 5. The van der Waals surface area contributed by atoms with E-state index in [2.05, 4.69) is 5.32 Å². The Morgan fingerprint density at radius 1 is 0.943 bits per heavy atom. The molecule has 5 rings (SSSR count). The average molecular weight is 486 g/mol. The van der Waals surface area contributed by atoms with E-state index in [0.29, 0.717) is 23.9 Å². The predicted octanol–water partition coefficient (Wildman–Crippen LogP) is 3.63. The van der Waals surface area contributed by atoms with E-state index in [0.717, 1.165) is 16.0 Å². The smallest absolute Gasteiger partial charge is 0.266 e. The van der Waals surface area contributed by atoms with Gasteiger partial charge in [-0.2, -0.15) is 0 Å². The molecule has 176 valence electrons. The van der Waals surface area contributed by atoms with E-state index in [-0.39, 0.29) is 28.5 Å².